The quantitative estimate of drug-likeness (QED) is 0.694. The Morgan fingerprint density at radius 2 is 1.71 bits per heavy atom. The number of benzene rings is 1. The number of hydrogen-bond acceptors (Lipinski definition) is 1. The van der Waals surface area contributed by atoms with Crippen LogP contribution in [0.3, 0.4) is 0 Å². The highest BCUT2D eigenvalue weighted by Crippen LogP contribution is 2.28. The standard InChI is InChI=1S/C16H27N/c1-4-10-14(6-3)16(17-13-5-2)15-11-8-7-9-12-15/h7-9,11-12,14,16-17H,4-6,10,13H2,1-3H3. The molecule has 0 aliphatic heterocycles. The van der Waals surface area contributed by atoms with Crippen LogP contribution in [0.2, 0.25) is 0 Å². The normalized spacial score (nSPS) is 14.5. The molecule has 0 saturated heterocycles. The van der Waals surface area contributed by atoms with Crippen LogP contribution in [0.15, 0.2) is 30.3 Å². The molecule has 0 aliphatic rings. The van der Waals surface area contributed by atoms with Gasteiger partial charge in [-0.05, 0) is 30.9 Å². The molecule has 1 aromatic carbocycles. The molecule has 96 valence electrons. The molecule has 0 aromatic heterocycles. The SMILES string of the molecule is CCCNC(c1ccccc1)C(CC)CCC. The monoisotopic (exact) mass is 233 g/mol. The van der Waals surface area contributed by atoms with Crippen molar-refractivity contribution in [3.05, 3.63) is 35.9 Å². The minimum Gasteiger partial charge on any atom is -0.310 e. The van der Waals surface area contributed by atoms with E-state index in [-0.39, 0.29) is 0 Å². The average Bonchev–Trinajstić information content (AvgIpc) is 2.39. The minimum absolute atomic E-state index is 0.529. The van der Waals surface area contributed by atoms with E-state index in [1.54, 1.807) is 0 Å². The lowest BCUT2D eigenvalue weighted by Gasteiger charge is -2.27. The van der Waals surface area contributed by atoms with Gasteiger partial charge in [0.15, 0.2) is 0 Å². The Balaban J connectivity index is 2.78. The highest BCUT2D eigenvalue weighted by atomic mass is 14.9. The third kappa shape index (κ3) is 4.51. The van der Waals surface area contributed by atoms with Crippen LogP contribution >= 0.6 is 0 Å². The van der Waals surface area contributed by atoms with E-state index in [0.29, 0.717) is 6.04 Å². The van der Waals surface area contributed by atoms with E-state index in [0.717, 1.165) is 12.5 Å². The zero-order valence-electron chi connectivity index (χ0n) is 11.6. The Hall–Kier alpha value is -0.820. The van der Waals surface area contributed by atoms with Gasteiger partial charge in [-0.25, -0.2) is 0 Å². The molecule has 1 rings (SSSR count). The third-order valence-electron chi connectivity index (χ3n) is 3.43. The molecule has 0 heterocycles. The second-order valence-corrected chi connectivity index (χ2v) is 4.80. The fourth-order valence-electron chi connectivity index (χ4n) is 2.49. The second kappa shape index (κ2) is 8.30. The molecule has 0 amide bonds. The molecular weight excluding hydrogens is 206 g/mol. The van der Waals surface area contributed by atoms with Crippen LogP contribution in [0, 0.1) is 5.92 Å². The van der Waals surface area contributed by atoms with E-state index in [4.69, 9.17) is 0 Å². The molecule has 0 aliphatic carbocycles. The first-order valence-electron chi connectivity index (χ1n) is 7.11. The zero-order valence-corrected chi connectivity index (χ0v) is 11.6. The fraction of sp³-hybridized carbons (Fsp3) is 0.625. The van der Waals surface area contributed by atoms with E-state index in [1.807, 2.05) is 0 Å². The second-order valence-electron chi connectivity index (χ2n) is 4.80. The number of nitrogens with one attached hydrogen (secondary N) is 1. The lowest BCUT2D eigenvalue weighted by molar-refractivity contribution is 0.328. The highest BCUT2D eigenvalue weighted by molar-refractivity contribution is 5.19. The Bertz CT molecular complexity index is 281. The van der Waals surface area contributed by atoms with Crippen molar-refractivity contribution in [2.24, 2.45) is 5.92 Å². The van der Waals surface area contributed by atoms with Crippen LogP contribution in [0.25, 0.3) is 0 Å². The van der Waals surface area contributed by atoms with Gasteiger partial charge in [-0.3, -0.25) is 0 Å². The van der Waals surface area contributed by atoms with Gasteiger partial charge in [0, 0.05) is 6.04 Å². The Labute approximate surface area is 107 Å². The molecule has 0 fully saturated rings. The molecule has 1 aromatic rings. The molecule has 0 saturated carbocycles. The van der Waals surface area contributed by atoms with Crippen LogP contribution in [0.5, 0.6) is 0 Å². The van der Waals surface area contributed by atoms with Crippen molar-refractivity contribution in [3.63, 3.8) is 0 Å². The minimum atomic E-state index is 0.529. The van der Waals surface area contributed by atoms with Gasteiger partial charge in [-0.1, -0.05) is 63.9 Å². The molecule has 2 atom stereocenters. The average molecular weight is 233 g/mol. The van der Waals surface area contributed by atoms with E-state index in [9.17, 15) is 0 Å². The lowest BCUT2D eigenvalue weighted by Crippen LogP contribution is -2.28. The maximum Gasteiger partial charge on any atom is 0.0348 e. The molecule has 1 nitrogen and oxygen atoms in total. The van der Waals surface area contributed by atoms with Crippen molar-refractivity contribution in [1.29, 1.82) is 0 Å². The summed E-state index contributed by atoms with van der Waals surface area (Å²) in [5.74, 6) is 0.758. The van der Waals surface area contributed by atoms with Crippen molar-refractivity contribution in [2.45, 2.75) is 52.5 Å². The molecule has 0 radical (unpaired) electrons. The fourth-order valence-corrected chi connectivity index (χ4v) is 2.49. The molecule has 1 N–H and O–H groups in total. The first-order valence-corrected chi connectivity index (χ1v) is 7.11. The Morgan fingerprint density at radius 3 is 2.24 bits per heavy atom. The Morgan fingerprint density at radius 1 is 1.00 bits per heavy atom. The number of rotatable bonds is 8. The van der Waals surface area contributed by atoms with Crippen LogP contribution in [0.1, 0.15) is 58.1 Å². The van der Waals surface area contributed by atoms with E-state index >= 15 is 0 Å². The van der Waals surface area contributed by atoms with Crippen LogP contribution in [-0.4, -0.2) is 6.54 Å². The third-order valence-corrected chi connectivity index (χ3v) is 3.43. The molecule has 0 bridgehead atoms. The van der Waals surface area contributed by atoms with Gasteiger partial charge < -0.3 is 5.32 Å². The molecule has 0 spiro atoms. The summed E-state index contributed by atoms with van der Waals surface area (Å²) in [5.41, 5.74) is 1.45. The molecule has 2 unspecified atom stereocenters. The summed E-state index contributed by atoms with van der Waals surface area (Å²) < 4.78 is 0. The predicted octanol–water partition coefficient (Wildman–Crippen LogP) is 4.55. The van der Waals surface area contributed by atoms with Crippen LogP contribution in [0.4, 0.5) is 0 Å². The summed E-state index contributed by atoms with van der Waals surface area (Å²) in [6, 6.07) is 11.4. The van der Waals surface area contributed by atoms with Crippen molar-refractivity contribution in [1.82, 2.24) is 5.32 Å². The van der Waals surface area contributed by atoms with Crippen molar-refractivity contribution >= 4 is 0 Å². The first kappa shape index (κ1) is 14.2. The summed E-state index contributed by atoms with van der Waals surface area (Å²) in [6.07, 6.45) is 5.04. The summed E-state index contributed by atoms with van der Waals surface area (Å²) in [4.78, 5) is 0. The summed E-state index contributed by atoms with van der Waals surface area (Å²) in [5, 5.41) is 3.72. The topological polar surface area (TPSA) is 12.0 Å². The summed E-state index contributed by atoms with van der Waals surface area (Å²) in [6.45, 7) is 7.93. The maximum absolute atomic E-state index is 3.72. The first-order chi connectivity index (χ1) is 8.33. The zero-order chi connectivity index (χ0) is 12.5. The maximum atomic E-state index is 3.72. The molecule has 1 heteroatoms. The van der Waals surface area contributed by atoms with Crippen molar-refractivity contribution in [3.8, 4) is 0 Å². The lowest BCUT2D eigenvalue weighted by atomic mass is 9.87. The van der Waals surface area contributed by atoms with Crippen molar-refractivity contribution in [2.75, 3.05) is 6.54 Å². The van der Waals surface area contributed by atoms with Gasteiger partial charge in [0.05, 0.1) is 0 Å². The van der Waals surface area contributed by atoms with Crippen LogP contribution in [-0.2, 0) is 0 Å². The summed E-state index contributed by atoms with van der Waals surface area (Å²) >= 11 is 0. The predicted molar refractivity (Wildman–Crippen MR) is 76.2 cm³/mol. The number of hydrogen-bond donors (Lipinski definition) is 1. The Kier molecular flexibility index (Phi) is 6.95. The van der Waals surface area contributed by atoms with Crippen LogP contribution < -0.4 is 5.32 Å². The van der Waals surface area contributed by atoms with Gasteiger partial charge in [0.2, 0.25) is 0 Å². The van der Waals surface area contributed by atoms with Gasteiger partial charge in [-0.2, -0.15) is 0 Å². The van der Waals surface area contributed by atoms with E-state index in [1.165, 1.54) is 31.2 Å². The summed E-state index contributed by atoms with van der Waals surface area (Å²) in [7, 11) is 0. The van der Waals surface area contributed by atoms with Gasteiger partial charge in [0.25, 0.3) is 0 Å². The van der Waals surface area contributed by atoms with Gasteiger partial charge >= 0.3 is 0 Å². The highest BCUT2D eigenvalue weighted by Gasteiger charge is 2.19. The molecule has 17 heavy (non-hydrogen) atoms. The van der Waals surface area contributed by atoms with Crippen molar-refractivity contribution < 1.29 is 0 Å². The van der Waals surface area contributed by atoms with Gasteiger partial charge in [-0.15, -0.1) is 0 Å². The molecular formula is C16H27N. The largest absolute Gasteiger partial charge is 0.310 e. The smallest absolute Gasteiger partial charge is 0.0348 e. The van der Waals surface area contributed by atoms with E-state index < -0.39 is 0 Å². The van der Waals surface area contributed by atoms with E-state index in [2.05, 4.69) is 56.4 Å². The van der Waals surface area contributed by atoms with Gasteiger partial charge in [0.1, 0.15) is 0 Å².